The lowest BCUT2D eigenvalue weighted by atomic mass is 10.3. The van der Waals surface area contributed by atoms with Crippen molar-refractivity contribution in [3.8, 4) is 0 Å². The van der Waals surface area contributed by atoms with Crippen molar-refractivity contribution < 1.29 is 19.6 Å². The molecule has 2 N–H and O–H groups in total. The number of carboxylic acids is 1. The number of nitro groups is 1. The summed E-state index contributed by atoms with van der Waals surface area (Å²) in [6.45, 7) is 2.01. The third kappa shape index (κ3) is 3.64. The Hall–Kier alpha value is -2.71. The maximum atomic E-state index is 11.5. The fraction of sp³-hybridized carbons (Fsp3) is 0.364. The first kappa shape index (κ1) is 15.3. The molecule has 9 heteroatoms. The standard InChI is InChI=1S/C11H14N4O5/c1-3-12-9(16)6-14(2)10-8(15(19)20)5-4-7(13-10)11(17)18/h4-5H,3,6H2,1-2H3,(H,12,16)(H,17,18). The summed E-state index contributed by atoms with van der Waals surface area (Å²) in [5, 5.41) is 22.3. The molecule has 0 fully saturated rings. The zero-order valence-electron chi connectivity index (χ0n) is 11.0. The van der Waals surface area contributed by atoms with Gasteiger partial charge in [-0.1, -0.05) is 0 Å². The molecule has 0 saturated heterocycles. The molecule has 1 aromatic rings. The summed E-state index contributed by atoms with van der Waals surface area (Å²) < 4.78 is 0. The molecule has 0 unspecified atom stereocenters. The van der Waals surface area contributed by atoms with Crippen LogP contribution in [-0.4, -0.2) is 47.0 Å². The first-order valence-electron chi connectivity index (χ1n) is 5.73. The lowest BCUT2D eigenvalue weighted by Gasteiger charge is -2.17. The van der Waals surface area contributed by atoms with Crippen molar-refractivity contribution in [2.75, 3.05) is 25.0 Å². The van der Waals surface area contributed by atoms with E-state index in [1.165, 1.54) is 11.9 Å². The van der Waals surface area contributed by atoms with Gasteiger partial charge in [0.2, 0.25) is 11.7 Å². The Morgan fingerprint density at radius 3 is 2.65 bits per heavy atom. The third-order valence-electron chi connectivity index (χ3n) is 2.39. The van der Waals surface area contributed by atoms with Gasteiger partial charge in [-0.2, -0.15) is 0 Å². The van der Waals surface area contributed by atoms with E-state index in [9.17, 15) is 19.7 Å². The minimum absolute atomic E-state index is 0.162. The van der Waals surface area contributed by atoms with E-state index in [-0.39, 0.29) is 29.7 Å². The highest BCUT2D eigenvalue weighted by molar-refractivity contribution is 5.87. The van der Waals surface area contributed by atoms with Gasteiger partial charge in [0, 0.05) is 19.7 Å². The Kier molecular flexibility index (Phi) is 4.95. The molecule has 9 nitrogen and oxygen atoms in total. The van der Waals surface area contributed by atoms with E-state index in [1.807, 2.05) is 0 Å². The number of carboxylic acid groups (broad SMARTS) is 1. The Morgan fingerprint density at radius 2 is 2.15 bits per heavy atom. The highest BCUT2D eigenvalue weighted by Gasteiger charge is 2.22. The summed E-state index contributed by atoms with van der Waals surface area (Å²) in [6, 6.07) is 2.10. The van der Waals surface area contributed by atoms with Crippen LogP contribution in [0.2, 0.25) is 0 Å². The predicted octanol–water partition coefficient (Wildman–Crippen LogP) is 0.260. The third-order valence-corrected chi connectivity index (χ3v) is 2.39. The molecule has 20 heavy (non-hydrogen) atoms. The van der Waals surface area contributed by atoms with Gasteiger partial charge in [0.15, 0.2) is 5.69 Å². The smallest absolute Gasteiger partial charge is 0.354 e. The second-order valence-electron chi connectivity index (χ2n) is 3.91. The molecule has 0 aromatic carbocycles. The molecular weight excluding hydrogens is 268 g/mol. The molecule has 0 atom stereocenters. The maximum Gasteiger partial charge on any atom is 0.354 e. The monoisotopic (exact) mass is 282 g/mol. The number of nitrogens with one attached hydrogen (secondary N) is 1. The van der Waals surface area contributed by atoms with Gasteiger partial charge in [0.25, 0.3) is 0 Å². The van der Waals surface area contributed by atoms with Gasteiger partial charge in [-0.05, 0) is 13.0 Å². The highest BCUT2D eigenvalue weighted by atomic mass is 16.6. The van der Waals surface area contributed by atoms with Gasteiger partial charge in [0.05, 0.1) is 11.5 Å². The summed E-state index contributed by atoms with van der Waals surface area (Å²) >= 11 is 0. The molecule has 1 amide bonds. The molecule has 0 saturated carbocycles. The zero-order valence-corrected chi connectivity index (χ0v) is 11.0. The van der Waals surface area contributed by atoms with Crippen LogP contribution in [0, 0.1) is 10.1 Å². The Balaban J connectivity index is 3.11. The first-order chi connectivity index (χ1) is 9.36. The molecule has 108 valence electrons. The van der Waals surface area contributed by atoms with E-state index in [4.69, 9.17) is 5.11 Å². The predicted molar refractivity (Wildman–Crippen MR) is 69.8 cm³/mol. The van der Waals surface area contributed by atoms with Crippen LogP contribution in [0.5, 0.6) is 0 Å². The van der Waals surface area contributed by atoms with Crippen LogP contribution in [0.15, 0.2) is 12.1 Å². The lowest BCUT2D eigenvalue weighted by molar-refractivity contribution is -0.384. The number of hydrogen-bond acceptors (Lipinski definition) is 6. The summed E-state index contributed by atoms with van der Waals surface area (Å²) in [5.74, 6) is -1.81. The molecule has 1 rings (SSSR count). The van der Waals surface area contributed by atoms with Crippen LogP contribution in [0.4, 0.5) is 11.5 Å². The van der Waals surface area contributed by atoms with Crippen molar-refractivity contribution in [2.24, 2.45) is 0 Å². The normalized spacial score (nSPS) is 9.90. The number of likely N-dealkylation sites (N-methyl/N-ethyl adjacent to an activating group) is 2. The number of nitrogens with zero attached hydrogens (tertiary/aromatic N) is 3. The quantitative estimate of drug-likeness (QED) is 0.566. The van der Waals surface area contributed by atoms with Crippen molar-refractivity contribution in [2.45, 2.75) is 6.92 Å². The molecule has 1 heterocycles. The van der Waals surface area contributed by atoms with E-state index >= 15 is 0 Å². The second-order valence-corrected chi connectivity index (χ2v) is 3.91. The Morgan fingerprint density at radius 1 is 1.50 bits per heavy atom. The largest absolute Gasteiger partial charge is 0.477 e. The molecule has 0 aliphatic carbocycles. The van der Waals surface area contributed by atoms with Gasteiger partial charge in [0.1, 0.15) is 0 Å². The second kappa shape index (κ2) is 6.45. The van der Waals surface area contributed by atoms with E-state index in [2.05, 4.69) is 10.3 Å². The molecule has 0 bridgehead atoms. The fourth-order valence-electron chi connectivity index (χ4n) is 1.53. The molecule has 0 radical (unpaired) electrons. The van der Waals surface area contributed by atoms with Crippen LogP contribution in [-0.2, 0) is 4.79 Å². The SMILES string of the molecule is CCNC(=O)CN(C)c1nc(C(=O)O)ccc1[N+](=O)[O-]. The van der Waals surface area contributed by atoms with Crippen molar-refractivity contribution in [3.05, 3.63) is 27.9 Å². The zero-order chi connectivity index (χ0) is 15.3. The van der Waals surface area contributed by atoms with Crippen LogP contribution in [0.25, 0.3) is 0 Å². The van der Waals surface area contributed by atoms with E-state index < -0.39 is 10.9 Å². The van der Waals surface area contributed by atoms with Crippen molar-refractivity contribution in [1.82, 2.24) is 10.3 Å². The molecular formula is C11H14N4O5. The fourth-order valence-corrected chi connectivity index (χ4v) is 1.53. The maximum absolute atomic E-state index is 11.5. The Labute approximate surface area is 114 Å². The van der Waals surface area contributed by atoms with E-state index in [0.717, 1.165) is 12.1 Å². The average Bonchev–Trinajstić information content (AvgIpc) is 2.37. The number of carbonyl (C=O) groups is 2. The lowest BCUT2D eigenvalue weighted by Crippen LogP contribution is -2.35. The van der Waals surface area contributed by atoms with Crippen molar-refractivity contribution in [3.63, 3.8) is 0 Å². The number of carbonyl (C=O) groups excluding carboxylic acids is 1. The number of anilines is 1. The average molecular weight is 282 g/mol. The Bertz CT molecular complexity index is 546. The number of pyridine rings is 1. The molecule has 0 aliphatic rings. The summed E-state index contributed by atoms with van der Waals surface area (Å²) in [5.41, 5.74) is -0.685. The van der Waals surface area contributed by atoms with Crippen LogP contribution < -0.4 is 10.2 Å². The number of aromatic carboxylic acids is 1. The summed E-state index contributed by atoms with van der Waals surface area (Å²) in [4.78, 5) is 37.5. The topological polar surface area (TPSA) is 126 Å². The number of aromatic nitrogens is 1. The van der Waals surface area contributed by atoms with E-state index in [0.29, 0.717) is 6.54 Å². The highest BCUT2D eigenvalue weighted by Crippen LogP contribution is 2.25. The van der Waals surface area contributed by atoms with Crippen molar-refractivity contribution in [1.29, 1.82) is 0 Å². The summed E-state index contributed by atoms with van der Waals surface area (Å²) in [7, 11) is 1.43. The number of amides is 1. The van der Waals surface area contributed by atoms with Gasteiger partial charge in [-0.15, -0.1) is 0 Å². The summed E-state index contributed by atoms with van der Waals surface area (Å²) in [6.07, 6.45) is 0. The number of rotatable bonds is 6. The minimum Gasteiger partial charge on any atom is -0.477 e. The van der Waals surface area contributed by atoms with Gasteiger partial charge < -0.3 is 15.3 Å². The van der Waals surface area contributed by atoms with E-state index in [1.54, 1.807) is 6.92 Å². The minimum atomic E-state index is -1.30. The first-order valence-corrected chi connectivity index (χ1v) is 5.73. The van der Waals surface area contributed by atoms with Gasteiger partial charge in [-0.3, -0.25) is 14.9 Å². The van der Waals surface area contributed by atoms with Crippen LogP contribution >= 0.6 is 0 Å². The van der Waals surface area contributed by atoms with Gasteiger partial charge >= 0.3 is 11.7 Å². The van der Waals surface area contributed by atoms with Crippen LogP contribution in [0.1, 0.15) is 17.4 Å². The molecule has 0 spiro atoms. The molecule has 1 aromatic heterocycles. The number of hydrogen-bond donors (Lipinski definition) is 2. The molecule has 0 aliphatic heterocycles. The van der Waals surface area contributed by atoms with Gasteiger partial charge in [-0.25, -0.2) is 9.78 Å². The van der Waals surface area contributed by atoms with Crippen LogP contribution in [0.3, 0.4) is 0 Å². The van der Waals surface area contributed by atoms with Crippen molar-refractivity contribution >= 4 is 23.4 Å².